The molecule has 0 aliphatic carbocycles. The molecular formula is C24H25NO3. The molecule has 1 unspecified atom stereocenters. The molecule has 0 amide bonds. The Morgan fingerprint density at radius 2 is 1.96 bits per heavy atom. The quantitative estimate of drug-likeness (QED) is 0.478. The van der Waals surface area contributed by atoms with E-state index in [-0.39, 0.29) is 17.6 Å². The largest absolute Gasteiger partial charge is 0.508 e. The molecule has 0 aliphatic rings. The number of ether oxygens (including phenoxy) is 1. The van der Waals surface area contributed by atoms with Crippen LogP contribution in [0.1, 0.15) is 61.6 Å². The lowest BCUT2D eigenvalue weighted by Crippen LogP contribution is -2.24. The van der Waals surface area contributed by atoms with E-state index in [4.69, 9.17) is 4.74 Å². The molecule has 1 heterocycles. The fourth-order valence-electron chi connectivity index (χ4n) is 2.99. The molecule has 0 fully saturated rings. The predicted octanol–water partition coefficient (Wildman–Crippen LogP) is 5.37. The zero-order valence-electron chi connectivity index (χ0n) is 16.7. The monoisotopic (exact) mass is 375 g/mol. The van der Waals surface area contributed by atoms with Gasteiger partial charge in [0.25, 0.3) is 0 Å². The number of benzene rings is 2. The number of carbonyl (C=O) groups is 1. The van der Waals surface area contributed by atoms with Gasteiger partial charge in [-0.2, -0.15) is 0 Å². The lowest BCUT2D eigenvalue weighted by Gasteiger charge is -2.18. The number of rotatable bonds is 3. The molecule has 1 atom stereocenters. The van der Waals surface area contributed by atoms with Gasteiger partial charge in [-0.3, -0.25) is 0 Å². The van der Waals surface area contributed by atoms with E-state index in [1.807, 2.05) is 51.1 Å². The van der Waals surface area contributed by atoms with Crippen LogP contribution in [0.4, 0.5) is 0 Å². The Morgan fingerprint density at radius 1 is 1.18 bits per heavy atom. The fourth-order valence-corrected chi connectivity index (χ4v) is 2.99. The minimum atomic E-state index is -0.536. The molecule has 0 bridgehead atoms. The maximum atomic E-state index is 12.3. The highest BCUT2D eigenvalue weighted by atomic mass is 16.6. The summed E-state index contributed by atoms with van der Waals surface area (Å²) in [6, 6.07) is 14.8. The molecule has 2 aromatic carbocycles. The number of hydrogen-bond acceptors (Lipinski definition) is 3. The highest BCUT2D eigenvalue weighted by Crippen LogP contribution is 2.23. The van der Waals surface area contributed by atoms with Crippen molar-refractivity contribution in [3.05, 3.63) is 65.4 Å². The van der Waals surface area contributed by atoms with Gasteiger partial charge in [0.1, 0.15) is 17.0 Å². The number of hydrogen-bond donors (Lipinski definition) is 2. The Labute approximate surface area is 165 Å². The highest BCUT2D eigenvalue weighted by Gasteiger charge is 2.19. The van der Waals surface area contributed by atoms with Crippen LogP contribution in [-0.2, 0) is 4.74 Å². The first kappa shape index (κ1) is 19.6. The first-order valence-electron chi connectivity index (χ1n) is 9.42. The number of nitrogens with one attached hydrogen (secondary N) is 1. The van der Waals surface area contributed by atoms with Crippen molar-refractivity contribution in [2.45, 2.75) is 45.6 Å². The maximum absolute atomic E-state index is 12.3. The van der Waals surface area contributed by atoms with Gasteiger partial charge in [-0.15, -0.1) is 0 Å². The molecule has 0 spiro atoms. The predicted molar refractivity (Wildman–Crippen MR) is 111 cm³/mol. The second-order valence-electron chi connectivity index (χ2n) is 7.81. The number of aromatic hydroxyl groups is 1. The smallest absolute Gasteiger partial charge is 0.355 e. The summed E-state index contributed by atoms with van der Waals surface area (Å²) < 4.78 is 5.42. The summed E-state index contributed by atoms with van der Waals surface area (Å²) >= 11 is 0. The fraction of sp³-hybridized carbons (Fsp3) is 0.292. The molecule has 0 aliphatic heterocycles. The van der Waals surface area contributed by atoms with Gasteiger partial charge < -0.3 is 14.8 Å². The molecule has 28 heavy (non-hydrogen) atoms. The van der Waals surface area contributed by atoms with Crippen molar-refractivity contribution < 1.29 is 14.6 Å². The van der Waals surface area contributed by atoms with E-state index in [1.165, 1.54) is 0 Å². The van der Waals surface area contributed by atoms with E-state index < -0.39 is 5.60 Å². The summed E-state index contributed by atoms with van der Waals surface area (Å²) in [6.45, 7) is 7.61. The maximum Gasteiger partial charge on any atom is 0.355 e. The summed E-state index contributed by atoms with van der Waals surface area (Å²) in [6.07, 6.45) is 0.853. The summed E-state index contributed by atoms with van der Waals surface area (Å²) in [5.74, 6) is 6.44. The number of phenolic OH excluding ortho intramolecular Hbond substituents is 1. The van der Waals surface area contributed by atoms with Crippen molar-refractivity contribution in [1.29, 1.82) is 0 Å². The Morgan fingerprint density at radius 3 is 2.64 bits per heavy atom. The van der Waals surface area contributed by atoms with E-state index in [2.05, 4.69) is 23.7 Å². The average molecular weight is 375 g/mol. The Bertz CT molecular complexity index is 1060. The van der Waals surface area contributed by atoms with Gasteiger partial charge in [0, 0.05) is 22.4 Å². The number of esters is 1. The van der Waals surface area contributed by atoms with E-state index >= 15 is 0 Å². The summed E-state index contributed by atoms with van der Waals surface area (Å²) in [5.41, 5.74) is 2.64. The van der Waals surface area contributed by atoms with Crippen LogP contribution < -0.4 is 0 Å². The van der Waals surface area contributed by atoms with Gasteiger partial charge in [-0.1, -0.05) is 30.9 Å². The zero-order chi connectivity index (χ0) is 20.3. The van der Waals surface area contributed by atoms with Crippen LogP contribution in [0.15, 0.2) is 48.5 Å². The van der Waals surface area contributed by atoms with E-state index in [0.29, 0.717) is 5.69 Å². The number of phenols is 1. The second-order valence-corrected chi connectivity index (χ2v) is 7.81. The van der Waals surface area contributed by atoms with Crippen LogP contribution in [0.2, 0.25) is 0 Å². The molecular weight excluding hydrogens is 350 g/mol. The van der Waals surface area contributed by atoms with Crippen LogP contribution in [-0.4, -0.2) is 21.7 Å². The van der Waals surface area contributed by atoms with Gasteiger partial charge in [0.2, 0.25) is 0 Å². The molecule has 0 saturated carbocycles. The lowest BCUT2D eigenvalue weighted by atomic mass is 9.96. The van der Waals surface area contributed by atoms with Gasteiger partial charge in [0.05, 0.1) is 0 Å². The average Bonchev–Trinajstić information content (AvgIpc) is 3.04. The van der Waals surface area contributed by atoms with E-state index in [0.717, 1.165) is 28.5 Å². The van der Waals surface area contributed by atoms with Crippen molar-refractivity contribution >= 4 is 16.9 Å². The lowest BCUT2D eigenvalue weighted by molar-refractivity contribution is 0.00639. The van der Waals surface area contributed by atoms with Crippen molar-refractivity contribution in [2.24, 2.45) is 0 Å². The van der Waals surface area contributed by atoms with Crippen LogP contribution in [0.5, 0.6) is 5.75 Å². The SMILES string of the molecule is CCC(C#Cc1ccc2[nH]c(C(=O)OC(C)(C)C)cc2c1)c1cccc(O)c1. The topological polar surface area (TPSA) is 62.3 Å². The van der Waals surface area contributed by atoms with Crippen molar-refractivity contribution in [3.8, 4) is 17.6 Å². The number of fused-ring (bicyclic) bond motifs is 1. The van der Waals surface area contributed by atoms with Gasteiger partial charge in [-0.25, -0.2) is 4.79 Å². The van der Waals surface area contributed by atoms with Crippen molar-refractivity contribution in [1.82, 2.24) is 4.98 Å². The van der Waals surface area contributed by atoms with Crippen LogP contribution in [0.3, 0.4) is 0 Å². The standard InChI is InChI=1S/C24H25NO3/c1-5-17(18-7-6-8-20(26)14-18)11-9-16-10-12-21-19(13-16)15-22(25-21)23(27)28-24(2,3)4/h6-8,10,12-15,17,25-26H,5H2,1-4H3. The number of aromatic nitrogens is 1. The van der Waals surface area contributed by atoms with Crippen molar-refractivity contribution in [2.75, 3.05) is 0 Å². The normalized spacial score (nSPS) is 12.3. The third-order valence-electron chi connectivity index (χ3n) is 4.31. The van der Waals surface area contributed by atoms with Gasteiger partial charge in [0.15, 0.2) is 0 Å². The third kappa shape index (κ3) is 4.75. The Hall–Kier alpha value is -3.19. The second kappa shape index (κ2) is 7.82. The minimum absolute atomic E-state index is 0.0475. The molecule has 3 rings (SSSR count). The van der Waals surface area contributed by atoms with Crippen LogP contribution >= 0.6 is 0 Å². The molecule has 0 radical (unpaired) electrons. The number of H-pyrrole nitrogens is 1. The van der Waals surface area contributed by atoms with Crippen LogP contribution in [0, 0.1) is 11.8 Å². The molecule has 3 aromatic rings. The first-order chi connectivity index (χ1) is 13.2. The number of carbonyl (C=O) groups excluding carboxylic acids is 1. The van der Waals surface area contributed by atoms with Gasteiger partial charge in [-0.05, 0) is 69.2 Å². The summed E-state index contributed by atoms with van der Waals surface area (Å²) in [7, 11) is 0. The molecule has 4 heteroatoms. The molecule has 4 nitrogen and oxygen atoms in total. The van der Waals surface area contributed by atoms with Crippen LogP contribution in [0.25, 0.3) is 10.9 Å². The molecule has 144 valence electrons. The summed E-state index contributed by atoms with van der Waals surface area (Å²) in [5, 5.41) is 10.6. The van der Waals surface area contributed by atoms with Gasteiger partial charge >= 0.3 is 5.97 Å². The molecule has 2 N–H and O–H groups in total. The highest BCUT2D eigenvalue weighted by molar-refractivity contribution is 5.95. The minimum Gasteiger partial charge on any atom is -0.508 e. The Kier molecular flexibility index (Phi) is 5.46. The van der Waals surface area contributed by atoms with E-state index in [1.54, 1.807) is 18.2 Å². The summed E-state index contributed by atoms with van der Waals surface area (Å²) in [4.78, 5) is 15.4. The Balaban J connectivity index is 1.85. The zero-order valence-corrected chi connectivity index (χ0v) is 16.7. The van der Waals surface area contributed by atoms with Crippen molar-refractivity contribution in [3.63, 3.8) is 0 Å². The third-order valence-corrected chi connectivity index (χ3v) is 4.31. The van der Waals surface area contributed by atoms with E-state index in [9.17, 15) is 9.90 Å². The first-order valence-corrected chi connectivity index (χ1v) is 9.42. The number of aromatic amines is 1. The molecule has 1 aromatic heterocycles. The molecule has 0 saturated heterocycles.